The molecule has 2 aliphatic heterocycles. The Bertz CT molecular complexity index is 592. The van der Waals surface area contributed by atoms with Crippen LogP contribution >= 0.6 is 22.9 Å². The van der Waals surface area contributed by atoms with Gasteiger partial charge in [-0.05, 0) is 37.3 Å². The zero-order chi connectivity index (χ0) is 16.4. The van der Waals surface area contributed by atoms with Crippen molar-refractivity contribution in [2.45, 2.75) is 25.3 Å². The molecule has 2 amide bonds. The van der Waals surface area contributed by atoms with Crippen molar-refractivity contribution in [2.75, 3.05) is 33.2 Å². The first kappa shape index (κ1) is 16.7. The summed E-state index contributed by atoms with van der Waals surface area (Å²) in [5.41, 5.74) is 0. The van der Waals surface area contributed by atoms with Gasteiger partial charge in [0.15, 0.2) is 0 Å². The number of piperidine rings is 2. The highest BCUT2D eigenvalue weighted by atomic mass is 35.5. The molecule has 0 spiro atoms. The molecule has 5 nitrogen and oxygen atoms in total. The van der Waals surface area contributed by atoms with Crippen LogP contribution in [-0.4, -0.2) is 60.9 Å². The van der Waals surface area contributed by atoms with Crippen molar-refractivity contribution in [1.82, 2.24) is 15.1 Å². The van der Waals surface area contributed by atoms with Crippen LogP contribution in [0.25, 0.3) is 0 Å². The number of amides is 2. The first-order chi connectivity index (χ1) is 11.1. The molecule has 7 heteroatoms. The summed E-state index contributed by atoms with van der Waals surface area (Å²) >= 11 is 7.49. The van der Waals surface area contributed by atoms with Crippen molar-refractivity contribution >= 4 is 34.8 Å². The third-order valence-electron chi connectivity index (χ3n) is 4.84. The van der Waals surface area contributed by atoms with Gasteiger partial charge in [-0.25, -0.2) is 0 Å². The topological polar surface area (TPSA) is 52.7 Å². The Hall–Kier alpha value is -1.11. The van der Waals surface area contributed by atoms with Gasteiger partial charge >= 0.3 is 0 Å². The van der Waals surface area contributed by atoms with E-state index in [9.17, 15) is 9.59 Å². The standard InChI is InChI=1S/C16H22ClN3O2S/c1-18-6-8-20-13-4-7-19(10-11(13)2-3-14(20)21)16(22)15-12(17)5-9-23-15/h5,9,11,13,18H,2-4,6-8,10H2,1H3/t11-,13+/m0/s1. The van der Waals surface area contributed by atoms with Crippen LogP contribution in [0.1, 0.15) is 28.9 Å². The van der Waals surface area contributed by atoms with Crippen LogP contribution in [0.4, 0.5) is 0 Å². The number of hydrogen-bond acceptors (Lipinski definition) is 4. The van der Waals surface area contributed by atoms with Gasteiger partial charge in [0, 0.05) is 38.6 Å². The molecule has 23 heavy (non-hydrogen) atoms. The molecular weight excluding hydrogens is 334 g/mol. The average Bonchev–Trinajstić information content (AvgIpc) is 2.99. The van der Waals surface area contributed by atoms with E-state index in [1.165, 1.54) is 11.3 Å². The normalized spacial score (nSPS) is 24.7. The van der Waals surface area contributed by atoms with Crippen molar-refractivity contribution in [3.05, 3.63) is 21.3 Å². The van der Waals surface area contributed by atoms with E-state index in [0.717, 1.165) is 32.5 Å². The first-order valence-corrected chi connectivity index (χ1v) is 9.34. The third kappa shape index (κ3) is 3.39. The Morgan fingerprint density at radius 1 is 1.48 bits per heavy atom. The summed E-state index contributed by atoms with van der Waals surface area (Å²) in [5, 5.41) is 5.50. The Balaban J connectivity index is 1.68. The van der Waals surface area contributed by atoms with Gasteiger partial charge in [0.1, 0.15) is 4.88 Å². The lowest BCUT2D eigenvalue weighted by molar-refractivity contribution is -0.140. The molecule has 3 heterocycles. The highest BCUT2D eigenvalue weighted by molar-refractivity contribution is 7.12. The van der Waals surface area contributed by atoms with Crippen LogP contribution in [0.5, 0.6) is 0 Å². The maximum absolute atomic E-state index is 12.6. The Morgan fingerprint density at radius 2 is 2.30 bits per heavy atom. The van der Waals surface area contributed by atoms with Gasteiger partial charge in [-0.2, -0.15) is 0 Å². The molecule has 1 aromatic rings. The van der Waals surface area contributed by atoms with E-state index >= 15 is 0 Å². The number of fused-ring (bicyclic) bond motifs is 1. The van der Waals surface area contributed by atoms with E-state index in [-0.39, 0.29) is 17.9 Å². The lowest BCUT2D eigenvalue weighted by Crippen LogP contribution is -2.57. The zero-order valence-electron chi connectivity index (χ0n) is 13.3. The van der Waals surface area contributed by atoms with Crippen LogP contribution in [0.3, 0.4) is 0 Å². The number of halogens is 1. The molecule has 0 bridgehead atoms. The predicted molar refractivity (Wildman–Crippen MR) is 92.0 cm³/mol. The summed E-state index contributed by atoms with van der Waals surface area (Å²) in [7, 11) is 1.90. The molecule has 0 saturated carbocycles. The van der Waals surface area contributed by atoms with Crippen molar-refractivity contribution in [3.63, 3.8) is 0 Å². The van der Waals surface area contributed by atoms with Crippen LogP contribution in [0.15, 0.2) is 11.4 Å². The number of likely N-dealkylation sites (N-methyl/N-ethyl adjacent to an activating group) is 1. The van der Waals surface area contributed by atoms with Crippen molar-refractivity contribution in [3.8, 4) is 0 Å². The number of nitrogens with zero attached hydrogens (tertiary/aromatic N) is 2. The predicted octanol–water partition coefficient (Wildman–Crippen LogP) is 2.07. The molecule has 3 rings (SSSR count). The summed E-state index contributed by atoms with van der Waals surface area (Å²) in [4.78, 5) is 29.4. The number of carbonyl (C=O) groups excluding carboxylic acids is 2. The summed E-state index contributed by atoms with van der Waals surface area (Å²) in [6.07, 6.45) is 2.32. The van der Waals surface area contributed by atoms with Crippen LogP contribution in [0.2, 0.25) is 5.02 Å². The molecular formula is C16H22ClN3O2S. The van der Waals surface area contributed by atoms with Gasteiger partial charge in [-0.1, -0.05) is 11.6 Å². The third-order valence-corrected chi connectivity index (χ3v) is 6.17. The van der Waals surface area contributed by atoms with E-state index in [1.807, 2.05) is 22.2 Å². The lowest BCUT2D eigenvalue weighted by atomic mass is 9.83. The summed E-state index contributed by atoms with van der Waals surface area (Å²) < 4.78 is 0. The molecule has 2 aliphatic rings. The fraction of sp³-hybridized carbons (Fsp3) is 0.625. The van der Waals surface area contributed by atoms with E-state index in [0.29, 0.717) is 28.8 Å². The van der Waals surface area contributed by atoms with E-state index in [4.69, 9.17) is 11.6 Å². The number of hydrogen-bond donors (Lipinski definition) is 1. The molecule has 2 fully saturated rings. The Morgan fingerprint density at radius 3 is 3.00 bits per heavy atom. The van der Waals surface area contributed by atoms with Gasteiger partial charge in [0.25, 0.3) is 5.91 Å². The maximum atomic E-state index is 12.6. The highest BCUT2D eigenvalue weighted by Crippen LogP contribution is 2.33. The van der Waals surface area contributed by atoms with Crippen molar-refractivity contribution < 1.29 is 9.59 Å². The van der Waals surface area contributed by atoms with E-state index in [2.05, 4.69) is 5.32 Å². The molecule has 126 valence electrons. The lowest BCUT2D eigenvalue weighted by Gasteiger charge is -2.47. The Labute approximate surface area is 145 Å². The summed E-state index contributed by atoms with van der Waals surface area (Å²) in [5.74, 6) is 0.658. The minimum atomic E-state index is 0.0297. The molecule has 2 atom stereocenters. The minimum absolute atomic E-state index is 0.0297. The number of nitrogens with one attached hydrogen (secondary N) is 1. The molecule has 1 aromatic heterocycles. The SMILES string of the molecule is CNCCN1C(=O)CC[C@H]2CN(C(=O)c3sccc3Cl)CC[C@H]21. The van der Waals surface area contributed by atoms with E-state index < -0.39 is 0 Å². The Kier molecular flexibility index (Phi) is 5.24. The smallest absolute Gasteiger partial charge is 0.265 e. The minimum Gasteiger partial charge on any atom is -0.338 e. The number of likely N-dealkylation sites (tertiary alicyclic amines) is 2. The zero-order valence-corrected chi connectivity index (χ0v) is 14.8. The molecule has 0 unspecified atom stereocenters. The quantitative estimate of drug-likeness (QED) is 0.899. The molecule has 0 aliphatic carbocycles. The van der Waals surface area contributed by atoms with E-state index in [1.54, 1.807) is 6.07 Å². The van der Waals surface area contributed by atoms with Gasteiger partial charge in [-0.3, -0.25) is 9.59 Å². The summed E-state index contributed by atoms with van der Waals surface area (Å²) in [6.45, 7) is 2.97. The van der Waals surface area contributed by atoms with Crippen LogP contribution in [0, 0.1) is 5.92 Å². The second-order valence-corrected chi connectivity index (χ2v) is 7.52. The van der Waals surface area contributed by atoms with Crippen molar-refractivity contribution in [1.29, 1.82) is 0 Å². The first-order valence-electron chi connectivity index (χ1n) is 8.08. The largest absolute Gasteiger partial charge is 0.338 e. The van der Waals surface area contributed by atoms with Gasteiger partial charge in [-0.15, -0.1) is 11.3 Å². The van der Waals surface area contributed by atoms with Gasteiger partial charge in [0.2, 0.25) is 5.91 Å². The summed E-state index contributed by atoms with van der Waals surface area (Å²) in [6, 6.07) is 2.04. The van der Waals surface area contributed by atoms with Gasteiger partial charge < -0.3 is 15.1 Å². The average molecular weight is 356 g/mol. The fourth-order valence-electron chi connectivity index (χ4n) is 3.65. The number of thiophene rings is 1. The number of carbonyl (C=O) groups is 2. The van der Waals surface area contributed by atoms with Gasteiger partial charge in [0.05, 0.1) is 5.02 Å². The molecule has 0 radical (unpaired) electrons. The highest BCUT2D eigenvalue weighted by Gasteiger charge is 2.40. The maximum Gasteiger partial charge on any atom is 0.265 e. The van der Waals surface area contributed by atoms with Crippen molar-refractivity contribution in [2.24, 2.45) is 5.92 Å². The second kappa shape index (κ2) is 7.20. The molecule has 0 aromatic carbocycles. The van der Waals surface area contributed by atoms with Crippen LogP contribution in [-0.2, 0) is 4.79 Å². The monoisotopic (exact) mass is 355 g/mol. The number of rotatable bonds is 4. The molecule has 2 saturated heterocycles. The molecule has 1 N–H and O–H groups in total. The second-order valence-electron chi connectivity index (χ2n) is 6.19. The fourth-order valence-corrected chi connectivity index (χ4v) is 4.75. The van der Waals surface area contributed by atoms with Crippen LogP contribution < -0.4 is 5.32 Å².